The number of anilines is 1. The van der Waals surface area contributed by atoms with E-state index in [1.165, 1.54) is 16.4 Å². The van der Waals surface area contributed by atoms with Crippen LogP contribution in [0.1, 0.15) is 16.8 Å². The lowest BCUT2D eigenvalue weighted by Crippen LogP contribution is -2.26. The van der Waals surface area contributed by atoms with Crippen LogP contribution in [0.25, 0.3) is 10.2 Å². The van der Waals surface area contributed by atoms with Gasteiger partial charge in [-0.15, -0.1) is 0 Å². The fourth-order valence-corrected chi connectivity index (χ4v) is 2.60. The number of carbonyl (C=O) groups is 1. The zero-order valence-electron chi connectivity index (χ0n) is 9.05. The van der Waals surface area contributed by atoms with Gasteiger partial charge < -0.3 is 5.73 Å². The second-order valence-corrected chi connectivity index (χ2v) is 4.89. The summed E-state index contributed by atoms with van der Waals surface area (Å²) in [6.45, 7) is 1.27. The van der Waals surface area contributed by atoms with Crippen LogP contribution in [0.5, 0.6) is 0 Å². The number of aromatic nitrogens is 1. The molecule has 1 amide bonds. The molecule has 0 spiro atoms. The third-order valence-corrected chi connectivity index (χ3v) is 3.48. The van der Waals surface area contributed by atoms with Gasteiger partial charge in [0.2, 0.25) is 0 Å². The van der Waals surface area contributed by atoms with Crippen molar-refractivity contribution in [2.45, 2.75) is 6.42 Å². The maximum atomic E-state index is 12.1. The topological polar surface area (TPSA) is 68.5 Å². The summed E-state index contributed by atoms with van der Waals surface area (Å²) in [7, 11) is 0. The number of carbonyl (C=O) groups excluding carboxylic acids is 1. The summed E-state index contributed by atoms with van der Waals surface area (Å²) in [5.41, 5.74) is 7.07. The zero-order chi connectivity index (χ0) is 11.8. The monoisotopic (exact) mass is 249 g/mol. The van der Waals surface area contributed by atoms with Gasteiger partial charge in [0.1, 0.15) is 0 Å². The summed E-state index contributed by atoms with van der Waals surface area (Å²) < 4.78 is 0.924. The molecule has 0 atom stereocenters. The Bertz CT molecular complexity index is 575. The largest absolute Gasteiger partial charge is 0.375 e. The van der Waals surface area contributed by atoms with Crippen molar-refractivity contribution >= 4 is 32.6 Å². The summed E-state index contributed by atoms with van der Waals surface area (Å²) in [5, 5.41) is 1.92. The van der Waals surface area contributed by atoms with Crippen molar-refractivity contribution < 1.29 is 9.63 Å². The number of fused-ring (bicyclic) bond motifs is 1. The number of nitrogens with zero attached hydrogens (tertiary/aromatic N) is 2. The molecule has 17 heavy (non-hydrogen) atoms. The molecule has 0 saturated carbocycles. The lowest BCUT2D eigenvalue weighted by molar-refractivity contribution is -0.0768. The third-order valence-electron chi connectivity index (χ3n) is 2.63. The summed E-state index contributed by atoms with van der Waals surface area (Å²) in [4.78, 5) is 21.4. The second-order valence-electron chi connectivity index (χ2n) is 3.83. The van der Waals surface area contributed by atoms with Crippen molar-refractivity contribution in [1.82, 2.24) is 10.0 Å². The van der Waals surface area contributed by atoms with E-state index < -0.39 is 0 Å². The maximum Gasteiger partial charge on any atom is 0.277 e. The van der Waals surface area contributed by atoms with Crippen LogP contribution in [-0.4, -0.2) is 29.1 Å². The first-order valence-corrected chi connectivity index (χ1v) is 6.16. The molecule has 2 N–H and O–H groups in total. The molecule has 3 rings (SSSR count). The summed E-state index contributed by atoms with van der Waals surface area (Å²) in [5.74, 6) is -0.101. The van der Waals surface area contributed by atoms with Crippen LogP contribution in [0.3, 0.4) is 0 Å². The molecule has 1 aromatic carbocycles. The smallest absolute Gasteiger partial charge is 0.277 e. The number of nitrogen functional groups attached to an aromatic ring is 1. The van der Waals surface area contributed by atoms with E-state index in [0.717, 1.165) is 16.6 Å². The fraction of sp³-hybridized carbons (Fsp3) is 0.273. The lowest BCUT2D eigenvalue weighted by Gasteiger charge is -2.13. The average molecular weight is 249 g/mol. The molecule has 2 aromatic rings. The molecule has 2 heterocycles. The van der Waals surface area contributed by atoms with Gasteiger partial charge in [-0.2, -0.15) is 0 Å². The molecule has 5 nitrogen and oxygen atoms in total. The van der Waals surface area contributed by atoms with Crippen molar-refractivity contribution in [3.8, 4) is 0 Å². The molecule has 0 radical (unpaired) electrons. The predicted octanol–water partition coefficient (Wildman–Crippen LogP) is 1.66. The number of benzene rings is 1. The summed E-state index contributed by atoms with van der Waals surface area (Å²) in [6, 6.07) is 5.38. The van der Waals surface area contributed by atoms with Crippen LogP contribution in [0.15, 0.2) is 18.2 Å². The normalized spacial score (nSPS) is 15.6. The number of hydrogen-bond donors (Lipinski definition) is 1. The zero-order valence-corrected chi connectivity index (χ0v) is 9.87. The Balaban J connectivity index is 1.96. The van der Waals surface area contributed by atoms with Gasteiger partial charge in [0, 0.05) is 5.56 Å². The Labute approximate surface area is 102 Å². The second kappa shape index (κ2) is 3.97. The van der Waals surface area contributed by atoms with Crippen LogP contribution in [0.4, 0.5) is 5.13 Å². The maximum absolute atomic E-state index is 12.1. The molecule has 1 aliphatic rings. The molecule has 1 fully saturated rings. The Morgan fingerprint density at radius 3 is 3.18 bits per heavy atom. The van der Waals surface area contributed by atoms with Crippen molar-refractivity contribution in [2.24, 2.45) is 0 Å². The number of amides is 1. The first-order chi connectivity index (χ1) is 8.24. The summed E-state index contributed by atoms with van der Waals surface area (Å²) >= 11 is 1.38. The number of rotatable bonds is 1. The van der Waals surface area contributed by atoms with Crippen molar-refractivity contribution in [3.05, 3.63) is 23.8 Å². The summed E-state index contributed by atoms with van der Waals surface area (Å²) in [6.07, 6.45) is 0.890. The molecule has 0 bridgehead atoms. The van der Waals surface area contributed by atoms with E-state index in [-0.39, 0.29) is 5.91 Å². The molecular weight excluding hydrogens is 238 g/mol. The fourth-order valence-electron chi connectivity index (χ4n) is 1.83. The van der Waals surface area contributed by atoms with E-state index in [9.17, 15) is 4.79 Å². The van der Waals surface area contributed by atoms with Crippen molar-refractivity contribution in [3.63, 3.8) is 0 Å². The Hall–Kier alpha value is -1.66. The first-order valence-electron chi connectivity index (χ1n) is 5.35. The van der Waals surface area contributed by atoms with Gasteiger partial charge in [-0.25, -0.2) is 10.0 Å². The number of hydroxylamine groups is 2. The van der Waals surface area contributed by atoms with E-state index in [1.807, 2.05) is 12.1 Å². The highest BCUT2D eigenvalue weighted by Gasteiger charge is 2.21. The number of hydrogen-bond acceptors (Lipinski definition) is 5. The minimum Gasteiger partial charge on any atom is -0.375 e. The van der Waals surface area contributed by atoms with E-state index in [2.05, 4.69) is 4.98 Å². The highest BCUT2D eigenvalue weighted by molar-refractivity contribution is 7.22. The van der Waals surface area contributed by atoms with Gasteiger partial charge in [-0.05, 0) is 24.6 Å². The van der Waals surface area contributed by atoms with Gasteiger partial charge in [-0.1, -0.05) is 11.3 Å². The van der Waals surface area contributed by atoms with E-state index in [1.54, 1.807) is 6.07 Å². The molecular formula is C11H11N3O2S. The van der Waals surface area contributed by atoms with Gasteiger partial charge in [0.05, 0.1) is 23.4 Å². The van der Waals surface area contributed by atoms with E-state index in [4.69, 9.17) is 10.6 Å². The van der Waals surface area contributed by atoms with Crippen LogP contribution in [-0.2, 0) is 4.84 Å². The molecule has 1 aromatic heterocycles. The molecule has 0 unspecified atom stereocenters. The van der Waals surface area contributed by atoms with E-state index in [0.29, 0.717) is 23.8 Å². The number of thiazole rings is 1. The van der Waals surface area contributed by atoms with Crippen molar-refractivity contribution in [2.75, 3.05) is 18.9 Å². The molecule has 1 aliphatic heterocycles. The molecule has 0 aliphatic carbocycles. The standard InChI is InChI=1S/C11H11N3O2S/c12-11-13-8-3-2-7(6-9(8)17-11)10(15)14-4-1-5-16-14/h2-3,6H,1,4-5H2,(H2,12,13). The minimum absolute atomic E-state index is 0.101. The van der Waals surface area contributed by atoms with Gasteiger partial charge in [0.15, 0.2) is 5.13 Å². The highest BCUT2D eigenvalue weighted by atomic mass is 32.1. The predicted molar refractivity (Wildman–Crippen MR) is 65.6 cm³/mol. The Kier molecular flexibility index (Phi) is 2.45. The van der Waals surface area contributed by atoms with Gasteiger partial charge in [-0.3, -0.25) is 9.63 Å². The lowest BCUT2D eigenvalue weighted by atomic mass is 10.2. The highest BCUT2D eigenvalue weighted by Crippen LogP contribution is 2.25. The average Bonchev–Trinajstić information content (AvgIpc) is 2.94. The van der Waals surface area contributed by atoms with Crippen LogP contribution < -0.4 is 5.73 Å². The van der Waals surface area contributed by atoms with Gasteiger partial charge in [0.25, 0.3) is 5.91 Å². The van der Waals surface area contributed by atoms with E-state index >= 15 is 0 Å². The SMILES string of the molecule is Nc1nc2ccc(C(=O)N3CCCO3)cc2s1. The molecule has 88 valence electrons. The molecule has 1 saturated heterocycles. The molecule has 6 heteroatoms. The Morgan fingerprint density at radius 1 is 1.53 bits per heavy atom. The van der Waals surface area contributed by atoms with Crippen LogP contribution in [0, 0.1) is 0 Å². The number of nitrogens with two attached hydrogens (primary N) is 1. The van der Waals surface area contributed by atoms with Crippen LogP contribution >= 0.6 is 11.3 Å². The minimum atomic E-state index is -0.101. The Morgan fingerprint density at radius 2 is 2.41 bits per heavy atom. The quantitative estimate of drug-likeness (QED) is 0.834. The van der Waals surface area contributed by atoms with Crippen molar-refractivity contribution in [1.29, 1.82) is 0 Å². The first kappa shape index (κ1) is 10.5. The van der Waals surface area contributed by atoms with Gasteiger partial charge >= 0.3 is 0 Å². The van der Waals surface area contributed by atoms with Crippen LogP contribution in [0.2, 0.25) is 0 Å². The third kappa shape index (κ3) is 1.85.